The second-order valence-electron chi connectivity index (χ2n) is 6.31. The van der Waals surface area contributed by atoms with Crippen molar-refractivity contribution in [3.05, 3.63) is 28.8 Å². The third-order valence-corrected chi connectivity index (χ3v) is 5.01. The number of halogens is 1. The second-order valence-corrected chi connectivity index (χ2v) is 6.74. The molecule has 1 heterocycles. The maximum Gasteiger partial charge on any atom is 0.227 e. The minimum Gasteiger partial charge on any atom is -0.492 e. The van der Waals surface area contributed by atoms with Crippen molar-refractivity contribution >= 4 is 17.5 Å². The lowest BCUT2D eigenvalue weighted by Gasteiger charge is -2.33. The van der Waals surface area contributed by atoms with Crippen molar-refractivity contribution in [1.29, 1.82) is 0 Å². The Morgan fingerprint density at radius 3 is 3.00 bits per heavy atom. The Balaban J connectivity index is 1.63. The summed E-state index contributed by atoms with van der Waals surface area (Å²) in [5, 5.41) is 13.2. The zero-order valence-electron chi connectivity index (χ0n) is 12.6. The number of carbonyl (C=O) groups excluding carboxylic acids is 1. The molecule has 22 heavy (non-hydrogen) atoms. The summed E-state index contributed by atoms with van der Waals surface area (Å²) in [6.07, 6.45) is 4.84. The van der Waals surface area contributed by atoms with E-state index < -0.39 is 0 Å². The number of rotatable bonds is 3. The van der Waals surface area contributed by atoms with Crippen LogP contribution in [0.4, 0.5) is 0 Å². The normalized spacial score (nSPS) is 27.6. The minimum absolute atomic E-state index is 0.0241. The van der Waals surface area contributed by atoms with E-state index in [1.165, 1.54) is 0 Å². The van der Waals surface area contributed by atoms with Gasteiger partial charge in [0.15, 0.2) is 0 Å². The lowest BCUT2D eigenvalue weighted by atomic mass is 9.84. The first-order valence-electron chi connectivity index (χ1n) is 8.00. The zero-order valence-corrected chi connectivity index (χ0v) is 13.3. The number of aliphatic hydroxyl groups is 1. The molecule has 1 amide bonds. The maximum atomic E-state index is 12.5. The lowest BCUT2D eigenvalue weighted by molar-refractivity contribution is -0.127. The van der Waals surface area contributed by atoms with Crippen molar-refractivity contribution in [3.63, 3.8) is 0 Å². The highest BCUT2D eigenvalue weighted by Gasteiger charge is 2.31. The van der Waals surface area contributed by atoms with Gasteiger partial charge in [-0.25, -0.2) is 0 Å². The first-order chi connectivity index (χ1) is 10.7. The number of fused-ring (bicyclic) bond motifs is 1. The number of amides is 1. The molecule has 1 fully saturated rings. The molecule has 1 saturated carbocycles. The van der Waals surface area contributed by atoms with Crippen molar-refractivity contribution in [1.82, 2.24) is 5.32 Å². The zero-order chi connectivity index (χ0) is 15.5. The van der Waals surface area contributed by atoms with E-state index in [0.29, 0.717) is 18.1 Å². The van der Waals surface area contributed by atoms with Gasteiger partial charge in [0.2, 0.25) is 5.91 Å². The SMILES string of the molecule is O=C(NC1CCCCC1CO)C1COc2ccc(Cl)cc2C1. The summed E-state index contributed by atoms with van der Waals surface area (Å²) in [4.78, 5) is 12.5. The molecular weight excluding hydrogens is 302 g/mol. The van der Waals surface area contributed by atoms with Gasteiger partial charge < -0.3 is 15.2 Å². The summed E-state index contributed by atoms with van der Waals surface area (Å²) in [5.74, 6) is 0.839. The van der Waals surface area contributed by atoms with E-state index in [2.05, 4.69) is 5.32 Å². The van der Waals surface area contributed by atoms with Gasteiger partial charge in [-0.15, -0.1) is 0 Å². The summed E-state index contributed by atoms with van der Waals surface area (Å²) in [7, 11) is 0. The molecule has 3 atom stereocenters. The Labute approximate surface area is 135 Å². The summed E-state index contributed by atoms with van der Waals surface area (Å²) in [5.41, 5.74) is 0.987. The van der Waals surface area contributed by atoms with Crippen LogP contribution in [-0.2, 0) is 11.2 Å². The summed E-state index contributed by atoms with van der Waals surface area (Å²) in [6, 6.07) is 5.61. The predicted molar refractivity (Wildman–Crippen MR) is 85.1 cm³/mol. The second kappa shape index (κ2) is 6.88. The standard InChI is InChI=1S/C17H22ClNO3/c18-14-5-6-16-12(8-14)7-13(10-22-16)17(21)19-15-4-2-1-3-11(15)9-20/h5-6,8,11,13,15,20H,1-4,7,9-10H2,(H,19,21). The summed E-state index contributed by atoms with van der Waals surface area (Å²) in [6.45, 7) is 0.543. The summed E-state index contributed by atoms with van der Waals surface area (Å²) >= 11 is 6.01. The van der Waals surface area contributed by atoms with Crippen LogP contribution in [0.1, 0.15) is 31.2 Å². The van der Waals surface area contributed by atoms with Crippen LogP contribution in [0, 0.1) is 11.8 Å². The number of aliphatic hydroxyl groups excluding tert-OH is 1. The van der Waals surface area contributed by atoms with Gasteiger partial charge in [-0.1, -0.05) is 24.4 Å². The van der Waals surface area contributed by atoms with E-state index in [0.717, 1.165) is 37.0 Å². The van der Waals surface area contributed by atoms with Gasteiger partial charge in [0, 0.05) is 23.6 Å². The maximum absolute atomic E-state index is 12.5. The monoisotopic (exact) mass is 323 g/mol. The van der Waals surface area contributed by atoms with Crippen molar-refractivity contribution in [2.24, 2.45) is 11.8 Å². The van der Waals surface area contributed by atoms with E-state index in [1.54, 1.807) is 6.07 Å². The molecule has 3 rings (SSSR count). The molecule has 1 aliphatic carbocycles. The van der Waals surface area contributed by atoms with Crippen molar-refractivity contribution in [3.8, 4) is 5.75 Å². The van der Waals surface area contributed by atoms with Gasteiger partial charge in [-0.05, 0) is 43.0 Å². The van der Waals surface area contributed by atoms with Crippen LogP contribution in [0.2, 0.25) is 5.02 Å². The number of hydrogen-bond acceptors (Lipinski definition) is 3. The van der Waals surface area contributed by atoms with Crippen molar-refractivity contribution < 1.29 is 14.6 Å². The fourth-order valence-corrected chi connectivity index (χ4v) is 3.64. The number of carbonyl (C=O) groups is 1. The molecule has 1 aromatic carbocycles. The highest BCUT2D eigenvalue weighted by atomic mass is 35.5. The molecule has 2 N–H and O–H groups in total. The van der Waals surface area contributed by atoms with E-state index >= 15 is 0 Å². The average molecular weight is 324 g/mol. The molecule has 4 nitrogen and oxygen atoms in total. The number of hydrogen-bond donors (Lipinski definition) is 2. The predicted octanol–water partition coefficient (Wildman–Crippen LogP) is 2.56. The van der Waals surface area contributed by atoms with Crippen LogP contribution < -0.4 is 10.1 Å². The molecule has 2 aliphatic rings. The van der Waals surface area contributed by atoms with Crippen LogP contribution in [0.15, 0.2) is 18.2 Å². The molecule has 1 aliphatic heterocycles. The Morgan fingerprint density at radius 1 is 1.36 bits per heavy atom. The first-order valence-corrected chi connectivity index (χ1v) is 8.37. The Hall–Kier alpha value is -1.26. The molecule has 0 aromatic heterocycles. The van der Waals surface area contributed by atoms with Crippen LogP contribution in [0.3, 0.4) is 0 Å². The lowest BCUT2D eigenvalue weighted by Crippen LogP contribution is -2.47. The van der Waals surface area contributed by atoms with E-state index in [-0.39, 0.29) is 30.4 Å². The molecule has 1 aromatic rings. The quantitative estimate of drug-likeness (QED) is 0.898. The molecule has 3 unspecified atom stereocenters. The van der Waals surface area contributed by atoms with Gasteiger partial charge in [0.1, 0.15) is 12.4 Å². The molecule has 5 heteroatoms. The topological polar surface area (TPSA) is 58.6 Å². The fourth-order valence-electron chi connectivity index (χ4n) is 3.45. The minimum atomic E-state index is -0.188. The largest absolute Gasteiger partial charge is 0.492 e. The Kier molecular flexibility index (Phi) is 4.89. The van der Waals surface area contributed by atoms with E-state index in [9.17, 15) is 9.90 Å². The fraction of sp³-hybridized carbons (Fsp3) is 0.588. The van der Waals surface area contributed by atoms with Gasteiger partial charge in [0.25, 0.3) is 0 Å². The van der Waals surface area contributed by atoms with Crippen molar-refractivity contribution in [2.75, 3.05) is 13.2 Å². The Bertz CT molecular complexity index is 549. The molecule has 0 radical (unpaired) electrons. The third kappa shape index (κ3) is 3.39. The van der Waals surface area contributed by atoms with Crippen LogP contribution >= 0.6 is 11.6 Å². The number of ether oxygens (including phenoxy) is 1. The van der Waals surface area contributed by atoms with Crippen LogP contribution in [0.5, 0.6) is 5.75 Å². The third-order valence-electron chi connectivity index (χ3n) is 4.77. The summed E-state index contributed by atoms with van der Waals surface area (Å²) < 4.78 is 5.69. The molecule has 0 bridgehead atoms. The highest BCUT2D eigenvalue weighted by molar-refractivity contribution is 6.30. The Morgan fingerprint density at radius 2 is 2.18 bits per heavy atom. The van der Waals surface area contributed by atoms with Crippen LogP contribution in [-0.4, -0.2) is 30.3 Å². The number of nitrogens with one attached hydrogen (secondary N) is 1. The van der Waals surface area contributed by atoms with Gasteiger partial charge >= 0.3 is 0 Å². The number of benzene rings is 1. The van der Waals surface area contributed by atoms with E-state index in [1.807, 2.05) is 12.1 Å². The van der Waals surface area contributed by atoms with Gasteiger partial charge in [-0.2, -0.15) is 0 Å². The van der Waals surface area contributed by atoms with Gasteiger partial charge in [-0.3, -0.25) is 4.79 Å². The van der Waals surface area contributed by atoms with Crippen molar-refractivity contribution in [2.45, 2.75) is 38.1 Å². The molecule has 0 saturated heterocycles. The first kappa shape index (κ1) is 15.6. The van der Waals surface area contributed by atoms with E-state index in [4.69, 9.17) is 16.3 Å². The van der Waals surface area contributed by atoms with Gasteiger partial charge in [0.05, 0.1) is 5.92 Å². The smallest absolute Gasteiger partial charge is 0.227 e. The molecular formula is C17H22ClNO3. The molecule has 0 spiro atoms. The highest BCUT2D eigenvalue weighted by Crippen LogP contribution is 2.30. The van der Waals surface area contributed by atoms with Crippen LogP contribution in [0.25, 0.3) is 0 Å². The molecule has 120 valence electrons. The average Bonchev–Trinajstić information content (AvgIpc) is 2.54.